The van der Waals surface area contributed by atoms with Crippen LogP contribution < -0.4 is 0 Å². The number of ether oxygens (including phenoxy) is 1. The maximum absolute atomic E-state index is 11.7. The summed E-state index contributed by atoms with van der Waals surface area (Å²) in [5, 5.41) is 10.5. The van der Waals surface area contributed by atoms with Crippen LogP contribution in [-0.4, -0.2) is 22.3 Å². The lowest BCUT2D eigenvalue weighted by Crippen LogP contribution is -2.60. The summed E-state index contributed by atoms with van der Waals surface area (Å²) in [6.07, 6.45) is 5.50. The van der Waals surface area contributed by atoms with Gasteiger partial charge in [-0.1, -0.05) is 6.58 Å². The number of carbonyl (C=O) groups excluding carboxylic acids is 1. The number of rotatable bonds is 2. The zero-order chi connectivity index (χ0) is 12.3. The Kier molecular flexibility index (Phi) is 2.22. The number of esters is 1. The van der Waals surface area contributed by atoms with E-state index in [4.69, 9.17) is 4.74 Å². The second-order valence-electron chi connectivity index (χ2n) is 6.54. The first-order valence-corrected chi connectivity index (χ1v) is 6.51. The van der Waals surface area contributed by atoms with E-state index in [0.717, 1.165) is 25.7 Å². The van der Waals surface area contributed by atoms with Gasteiger partial charge in [0.25, 0.3) is 0 Å². The van der Waals surface area contributed by atoms with Gasteiger partial charge in [0.2, 0.25) is 0 Å². The molecule has 3 nitrogen and oxygen atoms in total. The van der Waals surface area contributed by atoms with Gasteiger partial charge in [-0.15, -0.1) is 0 Å². The predicted octanol–water partition coefficient (Wildman–Crippen LogP) is 2.19. The molecule has 4 fully saturated rings. The molecule has 0 aromatic carbocycles. The molecule has 4 atom stereocenters. The minimum atomic E-state index is -0.570. The highest BCUT2D eigenvalue weighted by molar-refractivity contribution is 5.87. The van der Waals surface area contributed by atoms with Gasteiger partial charge >= 0.3 is 5.97 Å². The Morgan fingerprint density at radius 2 is 1.88 bits per heavy atom. The topological polar surface area (TPSA) is 46.5 Å². The molecule has 0 saturated heterocycles. The molecule has 4 rings (SSSR count). The molecule has 4 aliphatic rings. The molecule has 0 aromatic rings. The molecular weight excluding hydrogens is 216 g/mol. The third-order valence-electron chi connectivity index (χ3n) is 4.63. The van der Waals surface area contributed by atoms with Crippen molar-refractivity contribution in [2.45, 2.75) is 56.7 Å². The quantitative estimate of drug-likeness (QED) is 0.590. The van der Waals surface area contributed by atoms with E-state index in [9.17, 15) is 9.90 Å². The molecule has 0 heterocycles. The molecule has 4 saturated carbocycles. The van der Waals surface area contributed by atoms with E-state index in [1.807, 2.05) is 0 Å². The molecule has 17 heavy (non-hydrogen) atoms. The Labute approximate surface area is 102 Å². The molecule has 3 heteroatoms. The van der Waals surface area contributed by atoms with Crippen molar-refractivity contribution in [3.05, 3.63) is 12.2 Å². The summed E-state index contributed by atoms with van der Waals surface area (Å²) in [5.74, 6) is 0.786. The van der Waals surface area contributed by atoms with Gasteiger partial charge in [0, 0.05) is 12.0 Å². The van der Waals surface area contributed by atoms with Gasteiger partial charge in [-0.2, -0.15) is 0 Å². The largest absolute Gasteiger partial charge is 0.456 e. The van der Waals surface area contributed by atoms with Gasteiger partial charge in [-0.25, -0.2) is 4.79 Å². The van der Waals surface area contributed by atoms with E-state index in [1.165, 1.54) is 6.42 Å². The highest BCUT2D eigenvalue weighted by Gasteiger charge is 2.59. The van der Waals surface area contributed by atoms with E-state index in [2.05, 4.69) is 6.58 Å². The van der Waals surface area contributed by atoms with Gasteiger partial charge in [0.1, 0.15) is 5.60 Å². The Morgan fingerprint density at radius 3 is 2.35 bits per heavy atom. The second-order valence-corrected chi connectivity index (χ2v) is 6.54. The highest BCUT2D eigenvalue weighted by Crippen LogP contribution is 2.58. The van der Waals surface area contributed by atoms with Gasteiger partial charge in [0.05, 0.1) is 5.60 Å². The molecule has 1 N–H and O–H groups in total. The molecule has 0 aromatic heterocycles. The average molecular weight is 236 g/mol. The molecule has 0 aliphatic heterocycles. The van der Waals surface area contributed by atoms with Crippen LogP contribution >= 0.6 is 0 Å². The Balaban J connectivity index is 1.83. The fraction of sp³-hybridized carbons (Fsp3) is 0.786. The van der Waals surface area contributed by atoms with Crippen molar-refractivity contribution >= 4 is 5.97 Å². The van der Waals surface area contributed by atoms with Crippen LogP contribution in [0.15, 0.2) is 12.2 Å². The van der Waals surface area contributed by atoms with E-state index in [1.54, 1.807) is 6.92 Å². The number of hydrogen-bond acceptors (Lipinski definition) is 3. The fourth-order valence-electron chi connectivity index (χ4n) is 4.53. The molecule has 4 bridgehead atoms. The Morgan fingerprint density at radius 1 is 1.29 bits per heavy atom. The van der Waals surface area contributed by atoms with E-state index >= 15 is 0 Å². The zero-order valence-corrected chi connectivity index (χ0v) is 10.4. The molecule has 4 aliphatic carbocycles. The van der Waals surface area contributed by atoms with Crippen LogP contribution in [0, 0.1) is 11.8 Å². The van der Waals surface area contributed by atoms with Crippen molar-refractivity contribution in [3.8, 4) is 0 Å². The molecule has 0 radical (unpaired) electrons. The standard InChI is InChI=1S/C14H20O3/c1-9(2)12(15)17-14-6-10-3-11(7-14)5-13(16,4-10)8-14/h10-11,16H,1,3-8H2,2H3/t10-,11?,13-,14?/m0/s1. The van der Waals surface area contributed by atoms with Gasteiger partial charge in [-0.3, -0.25) is 0 Å². The van der Waals surface area contributed by atoms with Gasteiger partial charge < -0.3 is 9.84 Å². The first-order chi connectivity index (χ1) is 7.90. The monoisotopic (exact) mass is 236 g/mol. The van der Waals surface area contributed by atoms with Crippen molar-refractivity contribution in [1.29, 1.82) is 0 Å². The van der Waals surface area contributed by atoms with Crippen LogP contribution in [0.1, 0.15) is 45.4 Å². The number of aliphatic hydroxyl groups is 1. The van der Waals surface area contributed by atoms with Crippen molar-refractivity contribution in [3.63, 3.8) is 0 Å². The molecule has 0 amide bonds. The fourth-order valence-corrected chi connectivity index (χ4v) is 4.53. The molecule has 94 valence electrons. The summed E-state index contributed by atoms with van der Waals surface area (Å²) in [5.41, 5.74) is -0.512. The predicted molar refractivity (Wildman–Crippen MR) is 63.3 cm³/mol. The lowest BCUT2D eigenvalue weighted by molar-refractivity contribution is -0.217. The summed E-state index contributed by atoms with van der Waals surface area (Å²) < 4.78 is 5.68. The van der Waals surface area contributed by atoms with Crippen molar-refractivity contribution in [2.75, 3.05) is 0 Å². The zero-order valence-electron chi connectivity index (χ0n) is 10.4. The SMILES string of the molecule is C=C(C)C(=O)OC12CC3C[C@H](C1)C[C@](O)(C3)C2. The van der Waals surface area contributed by atoms with E-state index < -0.39 is 11.2 Å². The third-order valence-corrected chi connectivity index (χ3v) is 4.63. The normalized spacial score (nSPS) is 46.9. The second kappa shape index (κ2) is 3.35. The van der Waals surface area contributed by atoms with Crippen LogP contribution in [0.3, 0.4) is 0 Å². The Bertz CT molecular complexity index is 371. The number of hydrogen-bond donors (Lipinski definition) is 1. The van der Waals surface area contributed by atoms with Crippen LogP contribution in [0.2, 0.25) is 0 Å². The van der Waals surface area contributed by atoms with Crippen molar-refractivity contribution in [1.82, 2.24) is 0 Å². The van der Waals surface area contributed by atoms with Crippen molar-refractivity contribution in [2.24, 2.45) is 11.8 Å². The summed E-state index contributed by atoms with van der Waals surface area (Å²) in [4.78, 5) is 11.7. The molecular formula is C14H20O3. The molecule has 2 unspecified atom stereocenters. The Hall–Kier alpha value is -0.830. The van der Waals surface area contributed by atoms with Crippen LogP contribution in [0.5, 0.6) is 0 Å². The van der Waals surface area contributed by atoms with E-state index in [-0.39, 0.29) is 5.97 Å². The summed E-state index contributed by atoms with van der Waals surface area (Å²) in [7, 11) is 0. The number of carbonyl (C=O) groups is 1. The van der Waals surface area contributed by atoms with Gasteiger partial charge in [-0.05, 0) is 50.9 Å². The highest BCUT2D eigenvalue weighted by atomic mass is 16.6. The van der Waals surface area contributed by atoms with Crippen LogP contribution in [0.25, 0.3) is 0 Å². The first-order valence-electron chi connectivity index (χ1n) is 6.51. The minimum Gasteiger partial charge on any atom is -0.456 e. The lowest BCUT2D eigenvalue weighted by Gasteiger charge is -2.59. The molecule has 0 spiro atoms. The van der Waals surface area contributed by atoms with Crippen molar-refractivity contribution < 1.29 is 14.6 Å². The lowest BCUT2D eigenvalue weighted by atomic mass is 9.52. The summed E-state index contributed by atoms with van der Waals surface area (Å²) in [6.45, 7) is 5.31. The summed E-state index contributed by atoms with van der Waals surface area (Å²) >= 11 is 0. The van der Waals surface area contributed by atoms with Gasteiger partial charge in [0.15, 0.2) is 0 Å². The average Bonchev–Trinajstić information content (AvgIpc) is 2.11. The first kappa shape index (κ1) is 11.3. The summed E-state index contributed by atoms with van der Waals surface area (Å²) in [6, 6.07) is 0. The maximum atomic E-state index is 11.7. The maximum Gasteiger partial charge on any atom is 0.333 e. The minimum absolute atomic E-state index is 0.296. The van der Waals surface area contributed by atoms with Crippen LogP contribution in [-0.2, 0) is 9.53 Å². The van der Waals surface area contributed by atoms with E-state index in [0.29, 0.717) is 23.8 Å². The van der Waals surface area contributed by atoms with Crippen LogP contribution in [0.4, 0.5) is 0 Å². The third kappa shape index (κ3) is 1.81. The smallest absolute Gasteiger partial charge is 0.333 e.